The lowest BCUT2D eigenvalue weighted by molar-refractivity contribution is -0.137. The van der Waals surface area contributed by atoms with E-state index in [0.717, 1.165) is 50.7 Å². The summed E-state index contributed by atoms with van der Waals surface area (Å²) in [5, 5.41) is 30.4. The maximum atomic E-state index is 10.5. The lowest BCUT2D eigenvalue weighted by atomic mass is 9.90. The van der Waals surface area contributed by atoms with Gasteiger partial charge in [-0.05, 0) is 51.0 Å². The van der Waals surface area contributed by atoms with Gasteiger partial charge < -0.3 is 20.1 Å². The van der Waals surface area contributed by atoms with E-state index in [1.54, 1.807) is 6.34 Å². The molecule has 240 valence electrons. The zero-order chi connectivity index (χ0) is 30.7. The number of unbranched alkanes of at least 4 members (excludes halogenated alkanes) is 7. The number of hydrogen-bond acceptors (Lipinski definition) is 8. The van der Waals surface area contributed by atoms with Crippen molar-refractivity contribution >= 4 is 12.3 Å². The molecule has 0 amide bonds. The van der Waals surface area contributed by atoms with Crippen LogP contribution in [0.1, 0.15) is 130 Å². The number of carbonyl (C=O) groups is 1. The first kappa shape index (κ1) is 35.8. The summed E-state index contributed by atoms with van der Waals surface area (Å²) in [6.45, 7) is 6.59. The number of allylic oxidation sites excluding steroid dienone is 4. The van der Waals surface area contributed by atoms with Crippen LogP contribution >= 0.6 is 0 Å². The Morgan fingerprint density at radius 3 is 2.50 bits per heavy atom. The lowest BCUT2D eigenvalue weighted by Crippen LogP contribution is -2.44. The fourth-order valence-electron chi connectivity index (χ4n) is 5.82. The number of fused-ring (bicyclic) bond motifs is 1. The number of rotatable bonds is 18. The number of nitrogens with one attached hydrogen (secondary N) is 1. The van der Waals surface area contributed by atoms with Gasteiger partial charge in [0.15, 0.2) is 0 Å². The highest BCUT2D eigenvalue weighted by atomic mass is 16.5. The van der Waals surface area contributed by atoms with Crippen LogP contribution in [0.5, 0.6) is 0 Å². The lowest BCUT2D eigenvalue weighted by Gasteiger charge is -2.24. The van der Waals surface area contributed by atoms with Gasteiger partial charge in [0.1, 0.15) is 12.4 Å². The van der Waals surface area contributed by atoms with E-state index in [1.165, 1.54) is 55.0 Å². The molecule has 1 saturated carbocycles. The van der Waals surface area contributed by atoms with Crippen molar-refractivity contribution in [2.45, 2.75) is 148 Å². The zero-order valence-electron chi connectivity index (χ0n) is 26.3. The van der Waals surface area contributed by atoms with Gasteiger partial charge in [0.2, 0.25) is 0 Å². The smallest absolute Gasteiger partial charge is 0.303 e. The average molecular weight is 591 g/mol. The van der Waals surface area contributed by atoms with Gasteiger partial charge in [0.25, 0.3) is 0 Å². The Bertz CT molecular complexity index is 903. The maximum Gasteiger partial charge on any atom is 0.303 e. The van der Waals surface area contributed by atoms with Gasteiger partial charge in [0, 0.05) is 31.1 Å². The number of carboxylic acids is 1. The molecule has 3 rings (SSSR count). The number of nitrogens with zero attached hydrogens (tertiary/aromatic N) is 2. The SMILES string of the molecule is CCCCCC1=C(CCCCC)NN(N)C=N1.CCCCC[C@H](O)/C=C/[C@@H]1[C@H]2C/C(=C/CCCC(=O)O)O[C@H]2C[C@H]1O. The van der Waals surface area contributed by atoms with Crippen molar-refractivity contribution in [3.8, 4) is 0 Å². The summed E-state index contributed by atoms with van der Waals surface area (Å²) >= 11 is 0. The van der Waals surface area contributed by atoms with Gasteiger partial charge in [-0.3, -0.25) is 10.2 Å². The zero-order valence-corrected chi connectivity index (χ0v) is 26.3. The van der Waals surface area contributed by atoms with E-state index in [9.17, 15) is 15.0 Å². The molecule has 0 radical (unpaired) electrons. The van der Waals surface area contributed by atoms with Crippen LogP contribution in [-0.2, 0) is 9.53 Å². The Morgan fingerprint density at radius 2 is 1.81 bits per heavy atom. The number of aliphatic carboxylic acids is 1. The highest BCUT2D eigenvalue weighted by Crippen LogP contribution is 2.45. The van der Waals surface area contributed by atoms with Gasteiger partial charge in [-0.15, -0.1) is 0 Å². The molecule has 0 aromatic heterocycles. The predicted molar refractivity (Wildman–Crippen MR) is 169 cm³/mol. The molecular formula is C33H58N4O5. The number of nitrogens with two attached hydrogens (primary N) is 1. The highest BCUT2D eigenvalue weighted by Gasteiger charge is 2.46. The molecule has 5 atom stereocenters. The second kappa shape index (κ2) is 20.5. The van der Waals surface area contributed by atoms with Crippen LogP contribution in [0, 0.1) is 11.8 Å². The quantitative estimate of drug-likeness (QED) is 0.0693. The minimum absolute atomic E-state index is 0.0238. The predicted octanol–water partition coefficient (Wildman–Crippen LogP) is 6.49. The summed E-state index contributed by atoms with van der Waals surface area (Å²) in [6, 6.07) is 0. The third-order valence-corrected chi connectivity index (χ3v) is 8.25. The van der Waals surface area contributed by atoms with Crippen molar-refractivity contribution in [1.29, 1.82) is 0 Å². The Morgan fingerprint density at radius 1 is 1.12 bits per heavy atom. The highest BCUT2D eigenvalue weighted by molar-refractivity contribution is 5.66. The molecule has 1 saturated heterocycles. The van der Waals surface area contributed by atoms with Crippen molar-refractivity contribution in [3.05, 3.63) is 35.4 Å². The molecule has 2 heterocycles. The molecule has 0 bridgehead atoms. The third-order valence-electron chi connectivity index (χ3n) is 8.25. The van der Waals surface area contributed by atoms with E-state index >= 15 is 0 Å². The number of aliphatic hydroxyl groups is 2. The topological polar surface area (TPSA) is 141 Å². The largest absolute Gasteiger partial charge is 0.495 e. The summed E-state index contributed by atoms with van der Waals surface area (Å²) in [5.41, 5.74) is 5.59. The molecule has 2 fully saturated rings. The molecule has 3 aliphatic rings. The van der Waals surface area contributed by atoms with Gasteiger partial charge in [-0.25, -0.2) is 16.0 Å². The first-order valence-corrected chi connectivity index (χ1v) is 16.5. The fraction of sp³-hybridized carbons (Fsp3) is 0.758. The van der Waals surface area contributed by atoms with Crippen LogP contribution in [0.25, 0.3) is 0 Å². The van der Waals surface area contributed by atoms with Crippen molar-refractivity contribution in [2.24, 2.45) is 22.7 Å². The van der Waals surface area contributed by atoms with Crippen molar-refractivity contribution in [2.75, 3.05) is 0 Å². The summed E-state index contributed by atoms with van der Waals surface area (Å²) in [5.74, 6) is 6.11. The molecule has 2 aliphatic heterocycles. The Balaban J connectivity index is 0.000000317. The molecule has 42 heavy (non-hydrogen) atoms. The van der Waals surface area contributed by atoms with E-state index in [0.29, 0.717) is 19.3 Å². The molecule has 9 heteroatoms. The molecule has 9 nitrogen and oxygen atoms in total. The molecule has 6 N–H and O–H groups in total. The van der Waals surface area contributed by atoms with E-state index < -0.39 is 18.2 Å². The van der Waals surface area contributed by atoms with Crippen LogP contribution in [0.15, 0.2) is 40.4 Å². The average Bonchev–Trinajstić information content (AvgIpc) is 3.47. The first-order valence-electron chi connectivity index (χ1n) is 16.5. The van der Waals surface area contributed by atoms with Gasteiger partial charge >= 0.3 is 5.97 Å². The van der Waals surface area contributed by atoms with Crippen LogP contribution in [-0.4, -0.2) is 51.1 Å². The molecule has 1 aliphatic carbocycles. The van der Waals surface area contributed by atoms with Crippen LogP contribution in [0.4, 0.5) is 0 Å². The first-order chi connectivity index (χ1) is 20.3. The monoisotopic (exact) mass is 590 g/mol. The number of aliphatic imine (C=N–C) groups is 1. The van der Waals surface area contributed by atoms with Crippen LogP contribution < -0.4 is 11.3 Å². The van der Waals surface area contributed by atoms with Gasteiger partial charge in [-0.1, -0.05) is 77.9 Å². The Hall–Kier alpha value is -2.36. The minimum atomic E-state index is -0.770. The number of hydrogen-bond donors (Lipinski definition) is 5. The second-order valence-electron chi connectivity index (χ2n) is 11.9. The molecule has 0 aromatic carbocycles. The number of hydrazine groups is 2. The molecule has 0 spiro atoms. The van der Waals surface area contributed by atoms with E-state index in [-0.39, 0.29) is 24.4 Å². The number of carboxylic acid groups (broad SMARTS) is 1. The molecular weight excluding hydrogens is 532 g/mol. The van der Waals surface area contributed by atoms with Crippen LogP contribution in [0.3, 0.4) is 0 Å². The standard InChI is InChI=1S/C20H32O5.C13H26N4/c1-2-3-4-7-14(21)10-11-16-17-12-15(8-5-6-9-20(23)24)25-19(17)13-18(16)22;1-3-5-7-9-12-13(10-8-6-4-2)16-17(14)11-15-12/h8,10-11,14,16-19,21-22H,2-7,9,12-13H2,1H3,(H,23,24);11,16H,3-10,14H2,1-2H3/b11-10+,15-8-;/t14-,16+,17+,18+,19-;/m0./s1. The molecule has 0 aromatic rings. The van der Waals surface area contributed by atoms with Gasteiger partial charge in [0.05, 0.1) is 29.4 Å². The third kappa shape index (κ3) is 13.3. The summed E-state index contributed by atoms with van der Waals surface area (Å²) in [7, 11) is 0. The van der Waals surface area contributed by atoms with Crippen molar-refractivity contribution in [1.82, 2.24) is 10.5 Å². The van der Waals surface area contributed by atoms with E-state index in [1.807, 2.05) is 18.2 Å². The van der Waals surface area contributed by atoms with E-state index in [4.69, 9.17) is 15.7 Å². The van der Waals surface area contributed by atoms with Crippen molar-refractivity contribution < 1.29 is 24.9 Å². The van der Waals surface area contributed by atoms with Crippen molar-refractivity contribution in [3.63, 3.8) is 0 Å². The fourth-order valence-corrected chi connectivity index (χ4v) is 5.82. The van der Waals surface area contributed by atoms with E-state index in [2.05, 4.69) is 31.2 Å². The molecule has 0 unspecified atom stereocenters. The van der Waals surface area contributed by atoms with Crippen LogP contribution in [0.2, 0.25) is 0 Å². The minimum Gasteiger partial charge on any atom is -0.495 e. The second-order valence-corrected chi connectivity index (χ2v) is 11.9. The Labute approximate surface area is 253 Å². The maximum absolute atomic E-state index is 10.5. The normalized spacial score (nSPS) is 24.9. The number of aliphatic hydroxyl groups excluding tert-OH is 2. The summed E-state index contributed by atoms with van der Waals surface area (Å²) in [4.78, 5) is 15.0. The Kier molecular flexibility index (Phi) is 17.5. The van der Waals surface area contributed by atoms with Gasteiger partial charge in [-0.2, -0.15) is 0 Å². The number of ether oxygens (including phenoxy) is 1. The summed E-state index contributed by atoms with van der Waals surface area (Å²) < 4.78 is 5.94. The summed E-state index contributed by atoms with van der Waals surface area (Å²) in [6.07, 6.45) is 23.2.